The molecule has 0 fully saturated rings. The van der Waals surface area contributed by atoms with Gasteiger partial charge in [0.05, 0.1) is 0 Å². The van der Waals surface area contributed by atoms with E-state index < -0.39 is 10.1 Å². The lowest BCUT2D eigenvalue weighted by Crippen LogP contribution is -2.00. The highest BCUT2D eigenvalue weighted by molar-refractivity contribution is 9.13. The van der Waals surface area contributed by atoms with Crippen molar-refractivity contribution in [1.82, 2.24) is 0 Å². The second kappa shape index (κ2) is 5.13. The molecular weight excluding hydrogens is 384 g/mol. The zero-order chi connectivity index (χ0) is 13.3. The zero-order valence-corrected chi connectivity index (χ0v) is 13.0. The topological polar surface area (TPSA) is 54.4 Å². The normalized spacial score (nSPS) is 11.5. The van der Waals surface area contributed by atoms with Gasteiger partial charge in [-0.05, 0) is 55.6 Å². The van der Waals surface area contributed by atoms with Gasteiger partial charge in [-0.3, -0.25) is 4.55 Å². The van der Waals surface area contributed by atoms with Crippen molar-refractivity contribution < 1.29 is 13.0 Å². The van der Waals surface area contributed by atoms with E-state index in [1.165, 1.54) is 6.07 Å². The van der Waals surface area contributed by atoms with Gasteiger partial charge in [0, 0.05) is 14.5 Å². The van der Waals surface area contributed by atoms with Gasteiger partial charge in [0.1, 0.15) is 4.90 Å². The van der Waals surface area contributed by atoms with Gasteiger partial charge in [0.15, 0.2) is 0 Å². The minimum Gasteiger partial charge on any atom is -0.282 e. The molecule has 94 valence electrons. The Labute approximate surface area is 122 Å². The van der Waals surface area contributed by atoms with Crippen molar-refractivity contribution >= 4 is 42.0 Å². The number of hydrogen-bond donors (Lipinski definition) is 1. The first-order valence-corrected chi connectivity index (χ1v) is 7.94. The first kappa shape index (κ1) is 13.7. The first-order valence-electron chi connectivity index (χ1n) is 4.91. The molecular formula is C12H8Br2O3S. The molecule has 2 aromatic carbocycles. The molecule has 0 aromatic heterocycles. The second-order valence-corrected chi connectivity index (χ2v) is 6.70. The van der Waals surface area contributed by atoms with Gasteiger partial charge in [-0.25, -0.2) is 0 Å². The van der Waals surface area contributed by atoms with Crippen molar-refractivity contribution in [3.63, 3.8) is 0 Å². The Morgan fingerprint density at radius 1 is 0.944 bits per heavy atom. The van der Waals surface area contributed by atoms with E-state index in [2.05, 4.69) is 31.9 Å². The maximum atomic E-state index is 11.3. The van der Waals surface area contributed by atoms with Crippen molar-refractivity contribution in [1.29, 1.82) is 0 Å². The molecule has 6 heteroatoms. The lowest BCUT2D eigenvalue weighted by atomic mass is 10.1. The van der Waals surface area contributed by atoms with Crippen molar-refractivity contribution in [3.8, 4) is 11.1 Å². The van der Waals surface area contributed by atoms with Crippen LogP contribution in [0.25, 0.3) is 11.1 Å². The van der Waals surface area contributed by atoms with E-state index in [-0.39, 0.29) is 4.90 Å². The molecule has 3 nitrogen and oxygen atoms in total. The van der Waals surface area contributed by atoms with Crippen molar-refractivity contribution in [3.05, 3.63) is 51.4 Å². The summed E-state index contributed by atoms with van der Waals surface area (Å²) < 4.78 is 33.5. The number of hydrogen-bond acceptors (Lipinski definition) is 2. The number of halogens is 2. The fraction of sp³-hybridized carbons (Fsp3) is 0. The highest BCUT2D eigenvalue weighted by Crippen LogP contribution is 2.32. The fourth-order valence-electron chi connectivity index (χ4n) is 1.59. The first-order chi connectivity index (χ1) is 8.39. The summed E-state index contributed by atoms with van der Waals surface area (Å²) in [6.45, 7) is 0. The van der Waals surface area contributed by atoms with Crippen LogP contribution < -0.4 is 0 Å². The summed E-state index contributed by atoms with van der Waals surface area (Å²) in [6, 6.07) is 11.7. The molecule has 0 aliphatic heterocycles. The van der Waals surface area contributed by atoms with Crippen LogP contribution in [0.2, 0.25) is 0 Å². The largest absolute Gasteiger partial charge is 0.295 e. The van der Waals surface area contributed by atoms with Crippen molar-refractivity contribution in [2.45, 2.75) is 4.90 Å². The van der Waals surface area contributed by atoms with Crippen LogP contribution in [0.4, 0.5) is 0 Å². The summed E-state index contributed by atoms with van der Waals surface area (Å²) in [5.41, 5.74) is 1.17. The van der Waals surface area contributed by atoms with Crippen molar-refractivity contribution in [2.24, 2.45) is 0 Å². The van der Waals surface area contributed by atoms with Crippen LogP contribution in [0.3, 0.4) is 0 Å². The van der Waals surface area contributed by atoms with Gasteiger partial charge in [-0.1, -0.05) is 24.3 Å². The fourth-order valence-corrected chi connectivity index (χ4v) is 2.93. The van der Waals surface area contributed by atoms with Crippen LogP contribution in [-0.2, 0) is 10.1 Å². The molecule has 2 aromatic rings. The zero-order valence-electron chi connectivity index (χ0n) is 8.97. The van der Waals surface area contributed by atoms with Crippen LogP contribution in [-0.4, -0.2) is 13.0 Å². The summed E-state index contributed by atoms with van der Waals surface area (Å²) in [7, 11) is -4.23. The van der Waals surface area contributed by atoms with E-state index in [1.807, 2.05) is 0 Å². The lowest BCUT2D eigenvalue weighted by Gasteiger charge is -2.08. The van der Waals surface area contributed by atoms with E-state index in [0.717, 1.165) is 8.95 Å². The van der Waals surface area contributed by atoms with Gasteiger partial charge >= 0.3 is 0 Å². The standard InChI is InChI=1S/C12H8Br2O3S/c13-10-6-5-8(7-11(10)14)9-3-1-2-4-12(9)18(15,16)17/h1-7H,(H,15,16,17). The molecule has 0 saturated heterocycles. The molecule has 0 aliphatic rings. The molecule has 0 unspecified atom stereocenters. The molecule has 0 heterocycles. The maximum absolute atomic E-state index is 11.3. The number of benzene rings is 2. The highest BCUT2D eigenvalue weighted by Gasteiger charge is 2.16. The van der Waals surface area contributed by atoms with Crippen LogP contribution in [0, 0.1) is 0 Å². The molecule has 0 atom stereocenters. The summed E-state index contributed by atoms with van der Waals surface area (Å²) in [4.78, 5) is -0.0979. The molecule has 0 amide bonds. The smallest absolute Gasteiger partial charge is 0.282 e. The lowest BCUT2D eigenvalue weighted by molar-refractivity contribution is 0.483. The molecule has 0 radical (unpaired) electrons. The molecule has 18 heavy (non-hydrogen) atoms. The molecule has 2 rings (SSSR count). The summed E-state index contributed by atoms with van der Waals surface area (Å²) >= 11 is 6.70. The van der Waals surface area contributed by atoms with Gasteiger partial charge in [-0.2, -0.15) is 8.42 Å². The van der Waals surface area contributed by atoms with E-state index in [9.17, 15) is 13.0 Å². The van der Waals surface area contributed by atoms with E-state index in [0.29, 0.717) is 11.1 Å². The molecule has 1 N–H and O–H groups in total. The van der Waals surface area contributed by atoms with E-state index >= 15 is 0 Å². The van der Waals surface area contributed by atoms with Crippen molar-refractivity contribution in [2.75, 3.05) is 0 Å². The quantitative estimate of drug-likeness (QED) is 0.783. The summed E-state index contributed by atoms with van der Waals surface area (Å²) in [5.74, 6) is 0. The van der Waals surface area contributed by atoms with Gasteiger partial charge in [0.2, 0.25) is 0 Å². The van der Waals surface area contributed by atoms with Crippen LogP contribution in [0.5, 0.6) is 0 Å². The predicted molar refractivity (Wildman–Crippen MR) is 77.1 cm³/mol. The average molecular weight is 392 g/mol. The van der Waals surface area contributed by atoms with Crippen LogP contribution >= 0.6 is 31.9 Å². The third-order valence-electron chi connectivity index (χ3n) is 2.40. The minimum atomic E-state index is -4.23. The third kappa shape index (κ3) is 2.83. The Bertz CT molecular complexity index is 696. The Morgan fingerprint density at radius 3 is 2.22 bits per heavy atom. The minimum absolute atomic E-state index is 0.0979. The molecule has 0 aliphatic carbocycles. The van der Waals surface area contributed by atoms with E-state index in [1.54, 1.807) is 36.4 Å². The molecule has 0 saturated carbocycles. The summed E-state index contributed by atoms with van der Waals surface area (Å²) in [5, 5.41) is 0. The Kier molecular flexibility index (Phi) is 3.91. The Morgan fingerprint density at radius 2 is 1.61 bits per heavy atom. The summed E-state index contributed by atoms with van der Waals surface area (Å²) in [6.07, 6.45) is 0. The second-order valence-electron chi connectivity index (χ2n) is 3.60. The van der Waals surface area contributed by atoms with E-state index in [4.69, 9.17) is 0 Å². The number of rotatable bonds is 2. The van der Waals surface area contributed by atoms with Gasteiger partial charge < -0.3 is 0 Å². The Hall–Kier alpha value is -0.690. The third-order valence-corrected chi connectivity index (χ3v) is 5.19. The Balaban J connectivity index is 2.68. The molecule has 0 bridgehead atoms. The predicted octanol–water partition coefficient (Wildman–Crippen LogP) is 4.13. The highest BCUT2D eigenvalue weighted by atomic mass is 79.9. The van der Waals surface area contributed by atoms with Gasteiger partial charge in [-0.15, -0.1) is 0 Å². The van der Waals surface area contributed by atoms with Crippen LogP contribution in [0.1, 0.15) is 0 Å². The maximum Gasteiger partial charge on any atom is 0.295 e. The van der Waals surface area contributed by atoms with Crippen LogP contribution in [0.15, 0.2) is 56.3 Å². The monoisotopic (exact) mass is 390 g/mol. The SMILES string of the molecule is O=S(=O)(O)c1ccccc1-c1ccc(Br)c(Br)c1. The van der Waals surface area contributed by atoms with Gasteiger partial charge in [0.25, 0.3) is 10.1 Å². The average Bonchev–Trinajstić information content (AvgIpc) is 2.32. The molecule has 0 spiro atoms.